The molecule has 2 aliphatic rings. The average Bonchev–Trinajstić information content (AvgIpc) is 2.75. The van der Waals surface area contributed by atoms with Gasteiger partial charge in [-0.15, -0.1) is 0 Å². The highest BCUT2D eigenvalue weighted by Gasteiger charge is 2.34. The van der Waals surface area contributed by atoms with Gasteiger partial charge in [0.05, 0.1) is 12.5 Å². The van der Waals surface area contributed by atoms with Gasteiger partial charge in [-0.05, 0) is 19.3 Å². The average molecular weight is 243 g/mol. The molecule has 5 nitrogen and oxygen atoms in total. The highest BCUT2D eigenvalue weighted by atomic mass is 16.5. The standard InChI is InChI=1S/C12H21NO4/c14-11(15)9-2-1-3-10(6-9)13-7-12(16)4-5-17-8-12/h9-10,13,16H,1-8H2,(H,14,15). The minimum Gasteiger partial charge on any atom is -0.481 e. The Labute approximate surface area is 101 Å². The van der Waals surface area contributed by atoms with E-state index in [0.717, 1.165) is 19.3 Å². The number of aliphatic carboxylic acids is 1. The predicted molar refractivity (Wildman–Crippen MR) is 61.8 cm³/mol. The van der Waals surface area contributed by atoms with Crippen molar-refractivity contribution in [2.45, 2.75) is 43.7 Å². The minimum absolute atomic E-state index is 0.217. The van der Waals surface area contributed by atoms with Crippen LogP contribution in [0.3, 0.4) is 0 Å². The van der Waals surface area contributed by atoms with E-state index in [1.54, 1.807) is 0 Å². The molecule has 1 aliphatic heterocycles. The number of aliphatic hydroxyl groups is 1. The van der Waals surface area contributed by atoms with Crippen molar-refractivity contribution in [1.29, 1.82) is 0 Å². The molecule has 1 heterocycles. The third-order valence-electron chi connectivity index (χ3n) is 3.83. The summed E-state index contributed by atoms with van der Waals surface area (Å²) in [6.07, 6.45) is 4.06. The Hall–Kier alpha value is -0.650. The smallest absolute Gasteiger partial charge is 0.306 e. The Morgan fingerprint density at radius 3 is 2.94 bits per heavy atom. The first-order chi connectivity index (χ1) is 8.09. The predicted octanol–water partition coefficient (Wildman–Crippen LogP) is 0.371. The second-order valence-electron chi connectivity index (χ2n) is 5.31. The summed E-state index contributed by atoms with van der Waals surface area (Å²) in [5, 5.41) is 22.4. The van der Waals surface area contributed by atoms with Gasteiger partial charge < -0.3 is 20.3 Å². The van der Waals surface area contributed by atoms with Crippen molar-refractivity contribution in [3.05, 3.63) is 0 Å². The summed E-state index contributed by atoms with van der Waals surface area (Å²) in [5.74, 6) is -0.921. The van der Waals surface area contributed by atoms with Gasteiger partial charge in [-0.1, -0.05) is 6.42 Å². The van der Waals surface area contributed by atoms with E-state index >= 15 is 0 Å². The zero-order valence-electron chi connectivity index (χ0n) is 10.0. The number of carboxylic acid groups (broad SMARTS) is 1. The van der Waals surface area contributed by atoms with Crippen LogP contribution < -0.4 is 5.32 Å². The normalized spacial score (nSPS) is 38.2. The molecule has 2 fully saturated rings. The Balaban J connectivity index is 1.77. The van der Waals surface area contributed by atoms with Gasteiger partial charge in [0.1, 0.15) is 5.60 Å². The molecule has 5 heteroatoms. The number of carboxylic acids is 1. The third-order valence-corrected chi connectivity index (χ3v) is 3.83. The van der Waals surface area contributed by atoms with Crippen molar-refractivity contribution in [3.63, 3.8) is 0 Å². The molecule has 98 valence electrons. The number of hydrogen-bond donors (Lipinski definition) is 3. The number of ether oxygens (including phenoxy) is 1. The number of carbonyl (C=O) groups is 1. The summed E-state index contributed by atoms with van der Waals surface area (Å²) in [4.78, 5) is 10.9. The first kappa shape index (κ1) is 12.8. The van der Waals surface area contributed by atoms with Crippen molar-refractivity contribution in [3.8, 4) is 0 Å². The van der Waals surface area contributed by atoms with E-state index in [4.69, 9.17) is 9.84 Å². The molecule has 0 aromatic heterocycles. The zero-order valence-corrected chi connectivity index (χ0v) is 10.0. The van der Waals surface area contributed by atoms with Crippen LogP contribution in [0, 0.1) is 5.92 Å². The molecule has 0 aromatic carbocycles. The van der Waals surface area contributed by atoms with Crippen LogP contribution in [0.4, 0.5) is 0 Å². The summed E-state index contributed by atoms with van der Waals surface area (Å²) < 4.78 is 5.18. The van der Waals surface area contributed by atoms with E-state index in [2.05, 4.69) is 5.32 Å². The zero-order chi connectivity index (χ0) is 12.3. The highest BCUT2D eigenvalue weighted by molar-refractivity contribution is 5.70. The monoisotopic (exact) mass is 243 g/mol. The van der Waals surface area contributed by atoms with Gasteiger partial charge >= 0.3 is 5.97 Å². The molecular formula is C12H21NO4. The highest BCUT2D eigenvalue weighted by Crippen LogP contribution is 2.25. The largest absolute Gasteiger partial charge is 0.481 e. The van der Waals surface area contributed by atoms with E-state index in [0.29, 0.717) is 32.6 Å². The summed E-state index contributed by atoms with van der Waals surface area (Å²) in [6.45, 7) is 1.50. The van der Waals surface area contributed by atoms with Gasteiger partial charge in [-0.2, -0.15) is 0 Å². The lowest BCUT2D eigenvalue weighted by molar-refractivity contribution is -0.143. The quantitative estimate of drug-likeness (QED) is 0.665. The molecule has 1 saturated heterocycles. The Bertz CT molecular complexity index is 276. The van der Waals surface area contributed by atoms with E-state index in [1.165, 1.54) is 0 Å². The Morgan fingerprint density at radius 2 is 2.29 bits per heavy atom. The molecular weight excluding hydrogens is 222 g/mol. The van der Waals surface area contributed by atoms with Crippen LogP contribution in [0.1, 0.15) is 32.1 Å². The van der Waals surface area contributed by atoms with E-state index in [-0.39, 0.29) is 12.0 Å². The first-order valence-electron chi connectivity index (χ1n) is 6.35. The molecule has 0 radical (unpaired) electrons. The molecule has 0 aromatic rings. The number of rotatable bonds is 4. The molecule has 3 unspecified atom stereocenters. The third kappa shape index (κ3) is 3.40. The van der Waals surface area contributed by atoms with Crippen molar-refractivity contribution in [1.82, 2.24) is 5.32 Å². The van der Waals surface area contributed by atoms with Gasteiger partial charge in [-0.25, -0.2) is 0 Å². The lowest BCUT2D eigenvalue weighted by atomic mass is 9.85. The van der Waals surface area contributed by atoms with Gasteiger partial charge in [0.25, 0.3) is 0 Å². The molecule has 0 bridgehead atoms. The van der Waals surface area contributed by atoms with Crippen LogP contribution in [0.25, 0.3) is 0 Å². The maximum Gasteiger partial charge on any atom is 0.306 e. The summed E-state index contributed by atoms with van der Waals surface area (Å²) in [6, 6.07) is 0.217. The summed E-state index contributed by atoms with van der Waals surface area (Å²) in [5.41, 5.74) is -0.754. The van der Waals surface area contributed by atoms with Crippen molar-refractivity contribution in [2.24, 2.45) is 5.92 Å². The number of hydrogen-bond acceptors (Lipinski definition) is 4. The summed E-state index contributed by atoms with van der Waals surface area (Å²) >= 11 is 0. The van der Waals surface area contributed by atoms with Crippen molar-refractivity contribution in [2.75, 3.05) is 19.8 Å². The summed E-state index contributed by atoms with van der Waals surface area (Å²) in [7, 11) is 0. The molecule has 0 amide bonds. The second-order valence-corrected chi connectivity index (χ2v) is 5.31. The van der Waals surface area contributed by atoms with Crippen LogP contribution in [0.2, 0.25) is 0 Å². The molecule has 2 rings (SSSR count). The second kappa shape index (κ2) is 5.33. The van der Waals surface area contributed by atoms with Gasteiger partial charge in [-0.3, -0.25) is 4.79 Å². The van der Waals surface area contributed by atoms with Crippen LogP contribution in [-0.4, -0.2) is 47.6 Å². The van der Waals surface area contributed by atoms with Crippen LogP contribution in [0.15, 0.2) is 0 Å². The fourth-order valence-electron chi connectivity index (χ4n) is 2.67. The minimum atomic E-state index is -0.754. The fraction of sp³-hybridized carbons (Fsp3) is 0.917. The van der Waals surface area contributed by atoms with Gasteiger partial charge in [0, 0.05) is 25.6 Å². The van der Waals surface area contributed by atoms with E-state index < -0.39 is 11.6 Å². The maximum atomic E-state index is 10.9. The SMILES string of the molecule is O=C(O)C1CCCC(NCC2(O)CCOC2)C1. The van der Waals surface area contributed by atoms with E-state index in [1.807, 2.05) is 0 Å². The molecule has 3 N–H and O–H groups in total. The molecule has 1 aliphatic carbocycles. The van der Waals surface area contributed by atoms with Crippen molar-refractivity contribution >= 4 is 5.97 Å². The Kier molecular flexibility index (Phi) is 4.01. The molecule has 1 saturated carbocycles. The first-order valence-corrected chi connectivity index (χ1v) is 6.35. The maximum absolute atomic E-state index is 10.9. The van der Waals surface area contributed by atoms with E-state index in [9.17, 15) is 9.90 Å². The van der Waals surface area contributed by atoms with Gasteiger partial charge in [0.2, 0.25) is 0 Å². The molecule has 3 atom stereocenters. The topological polar surface area (TPSA) is 78.8 Å². The van der Waals surface area contributed by atoms with Crippen LogP contribution >= 0.6 is 0 Å². The van der Waals surface area contributed by atoms with Crippen LogP contribution in [-0.2, 0) is 9.53 Å². The Morgan fingerprint density at radius 1 is 1.47 bits per heavy atom. The molecule has 17 heavy (non-hydrogen) atoms. The van der Waals surface area contributed by atoms with Crippen molar-refractivity contribution < 1.29 is 19.7 Å². The lowest BCUT2D eigenvalue weighted by Crippen LogP contribution is -2.46. The molecule has 0 spiro atoms. The number of nitrogens with one attached hydrogen (secondary N) is 1. The van der Waals surface area contributed by atoms with Crippen LogP contribution in [0.5, 0.6) is 0 Å². The lowest BCUT2D eigenvalue weighted by Gasteiger charge is -2.30. The fourth-order valence-corrected chi connectivity index (χ4v) is 2.67. The van der Waals surface area contributed by atoms with Gasteiger partial charge in [0.15, 0.2) is 0 Å².